The Kier molecular flexibility index (Phi) is 2.30. The van der Waals surface area contributed by atoms with E-state index in [4.69, 9.17) is 4.74 Å². The lowest BCUT2D eigenvalue weighted by Crippen LogP contribution is -2.29. The van der Waals surface area contributed by atoms with Crippen LogP contribution in [0.3, 0.4) is 0 Å². The Bertz CT molecular complexity index is 420. The third kappa shape index (κ3) is 1.54. The van der Waals surface area contributed by atoms with Gasteiger partial charge in [-0.15, -0.1) is 0 Å². The van der Waals surface area contributed by atoms with Gasteiger partial charge in [-0.25, -0.2) is 4.39 Å². The predicted molar refractivity (Wildman–Crippen MR) is 50.3 cm³/mol. The molecule has 3 nitrogen and oxygen atoms in total. The molecule has 0 saturated heterocycles. The highest BCUT2D eigenvalue weighted by molar-refractivity contribution is 5.87. The van der Waals surface area contributed by atoms with Crippen molar-refractivity contribution in [2.75, 3.05) is 11.9 Å². The zero-order valence-corrected chi connectivity index (χ0v) is 8.01. The van der Waals surface area contributed by atoms with E-state index in [0.29, 0.717) is 6.29 Å². The topological polar surface area (TPSA) is 38.3 Å². The Labute approximate surface area is 85.0 Å². The Hall–Kier alpha value is -1.65. The molecule has 0 aromatic heterocycles. The number of anilines is 1. The third-order valence-corrected chi connectivity index (χ3v) is 2.20. The van der Waals surface area contributed by atoms with Gasteiger partial charge in [0.15, 0.2) is 17.9 Å². The highest BCUT2D eigenvalue weighted by atomic mass is 19.2. The van der Waals surface area contributed by atoms with Crippen LogP contribution in [0, 0.1) is 11.6 Å². The predicted octanol–water partition coefficient (Wildman–Crippen LogP) is 1.97. The molecule has 2 rings (SSSR count). The molecule has 0 saturated carbocycles. The monoisotopic (exact) mass is 213 g/mol. The van der Waals surface area contributed by atoms with Gasteiger partial charge in [0.05, 0.1) is 11.7 Å². The van der Waals surface area contributed by atoms with Crippen LogP contribution in [0.4, 0.5) is 14.5 Å². The van der Waals surface area contributed by atoms with Gasteiger partial charge in [-0.2, -0.15) is 4.39 Å². The van der Waals surface area contributed by atoms with Crippen molar-refractivity contribution in [3.8, 4) is 5.75 Å². The second-order valence-corrected chi connectivity index (χ2v) is 3.44. The number of halogens is 2. The van der Waals surface area contributed by atoms with Gasteiger partial charge in [-0.1, -0.05) is 0 Å². The van der Waals surface area contributed by atoms with Crippen molar-refractivity contribution in [3.05, 3.63) is 23.3 Å². The number of hydrogen-bond acceptors (Lipinski definition) is 3. The van der Waals surface area contributed by atoms with Crippen molar-refractivity contribution in [3.63, 3.8) is 0 Å². The summed E-state index contributed by atoms with van der Waals surface area (Å²) in [5.74, 6) is -2.35. The molecule has 1 aliphatic heterocycles. The van der Waals surface area contributed by atoms with E-state index >= 15 is 0 Å². The van der Waals surface area contributed by atoms with E-state index in [9.17, 15) is 13.6 Å². The van der Waals surface area contributed by atoms with E-state index in [1.165, 1.54) is 0 Å². The van der Waals surface area contributed by atoms with Gasteiger partial charge < -0.3 is 10.1 Å². The Balaban J connectivity index is 2.61. The molecular weight excluding hydrogens is 204 g/mol. The normalized spacial score (nSPS) is 18.7. The van der Waals surface area contributed by atoms with Crippen LogP contribution in [0.2, 0.25) is 0 Å². The molecule has 1 aliphatic rings. The van der Waals surface area contributed by atoms with Gasteiger partial charge >= 0.3 is 0 Å². The van der Waals surface area contributed by atoms with Crippen molar-refractivity contribution in [1.29, 1.82) is 0 Å². The number of carbonyl (C=O) groups is 1. The summed E-state index contributed by atoms with van der Waals surface area (Å²) >= 11 is 0. The first-order chi connectivity index (χ1) is 7.13. The van der Waals surface area contributed by atoms with Crippen molar-refractivity contribution >= 4 is 12.0 Å². The summed E-state index contributed by atoms with van der Waals surface area (Å²) in [4.78, 5) is 10.7. The van der Waals surface area contributed by atoms with Gasteiger partial charge in [0.1, 0.15) is 6.61 Å². The van der Waals surface area contributed by atoms with Crippen LogP contribution in [0.15, 0.2) is 6.07 Å². The molecule has 80 valence electrons. The standard InChI is InChI=1S/C10H9F2NO2/c1-5-4-15-10-8(12)7(11)2-6(3-14)9(10)13-5/h2-3,5,13H,4H2,1H3. The van der Waals surface area contributed by atoms with Crippen LogP contribution < -0.4 is 10.1 Å². The number of fused-ring (bicyclic) bond motifs is 1. The van der Waals surface area contributed by atoms with E-state index in [1.54, 1.807) is 0 Å². The van der Waals surface area contributed by atoms with Gasteiger partial charge in [0, 0.05) is 5.56 Å². The van der Waals surface area contributed by atoms with Gasteiger partial charge in [-0.05, 0) is 13.0 Å². The fourth-order valence-corrected chi connectivity index (χ4v) is 1.50. The molecule has 5 heteroatoms. The lowest BCUT2D eigenvalue weighted by molar-refractivity contribution is 0.112. The molecule has 0 radical (unpaired) electrons. The molecule has 1 aromatic carbocycles. The molecule has 0 aliphatic carbocycles. The smallest absolute Gasteiger partial charge is 0.202 e. The lowest BCUT2D eigenvalue weighted by Gasteiger charge is -2.26. The van der Waals surface area contributed by atoms with Crippen molar-refractivity contribution < 1.29 is 18.3 Å². The van der Waals surface area contributed by atoms with Crippen LogP contribution in [-0.2, 0) is 0 Å². The van der Waals surface area contributed by atoms with Crippen molar-refractivity contribution in [1.82, 2.24) is 0 Å². The summed E-state index contributed by atoms with van der Waals surface area (Å²) < 4.78 is 31.3. The van der Waals surface area contributed by atoms with Gasteiger partial charge in [0.25, 0.3) is 0 Å². The van der Waals surface area contributed by atoms with E-state index in [0.717, 1.165) is 6.07 Å². The fourth-order valence-electron chi connectivity index (χ4n) is 1.50. The number of rotatable bonds is 1. The molecule has 0 amide bonds. The van der Waals surface area contributed by atoms with Crippen LogP contribution in [0.1, 0.15) is 17.3 Å². The summed E-state index contributed by atoms with van der Waals surface area (Å²) in [7, 11) is 0. The maximum atomic E-state index is 13.3. The molecule has 0 fully saturated rings. The molecule has 1 unspecified atom stereocenters. The van der Waals surface area contributed by atoms with E-state index in [1.807, 2.05) is 6.92 Å². The molecule has 1 aromatic rings. The summed E-state index contributed by atoms with van der Waals surface area (Å²) in [6, 6.07) is 0.816. The van der Waals surface area contributed by atoms with Gasteiger partial charge in [-0.3, -0.25) is 4.79 Å². The molecule has 1 N–H and O–H groups in total. The number of carbonyl (C=O) groups excluding carboxylic acids is 1. The van der Waals surface area contributed by atoms with Crippen LogP contribution in [-0.4, -0.2) is 18.9 Å². The minimum Gasteiger partial charge on any atom is -0.486 e. The zero-order valence-electron chi connectivity index (χ0n) is 8.01. The molecule has 1 heterocycles. The zero-order chi connectivity index (χ0) is 11.0. The highest BCUT2D eigenvalue weighted by Crippen LogP contribution is 2.35. The van der Waals surface area contributed by atoms with Crippen LogP contribution in [0.25, 0.3) is 0 Å². The molecule has 1 atom stereocenters. The Morgan fingerprint density at radius 3 is 3.00 bits per heavy atom. The quantitative estimate of drug-likeness (QED) is 0.725. The average Bonchev–Trinajstić information content (AvgIpc) is 2.23. The van der Waals surface area contributed by atoms with E-state index in [2.05, 4.69) is 5.32 Å². The molecule has 0 spiro atoms. The van der Waals surface area contributed by atoms with E-state index < -0.39 is 11.6 Å². The second kappa shape index (κ2) is 3.49. The first-order valence-electron chi connectivity index (χ1n) is 4.50. The van der Waals surface area contributed by atoms with Crippen LogP contribution >= 0.6 is 0 Å². The van der Waals surface area contributed by atoms with Gasteiger partial charge in [0.2, 0.25) is 5.82 Å². The Morgan fingerprint density at radius 2 is 2.33 bits per heavy atom. The van der Waals surface area contributed by atoms with Crippen molar-refractivity contribution in [2.45, 2.75) is 13.0 Å². The summed E-state index contributed by atoms with van der Waals surface area (Å²) in [5.41, 5.74) is 0.290. The average molecular weight is 213 g/mol. The van der Waals surface area contributed by atoms with Crippen LogP contribution in [0.5, 0.6) is 5.75 Å². The summed E-state index contributed by atoms with van der Waals surface area (Å²) in [6.07, 6.45) is 0.468. The third-order valence-electron chi connectivity index (χ3n) is 2.20. The molecule has 0 bridgehead atoms. The first kappa shape index (κ1) is 9.89. The number of aldehydes is 1. The Morgan fingerprint density at radius 1 is 1.60 bits per heavy atom. The molecular formula is C10H9F2NO2. The largest absolute Gasteiger partial charge is 0.486 e. The SMILES string of the molecule is CC1COc2c(F)c(F)cc(C=O)c2N1. The minimum atomic E-state index is -1.08. The fraction of sp³-hybridized carbons (Fsp3) is 0.300. The summed E-state index contributed by atoms with van der Waals surface area (Å²) in [5, 5.41) is 2.88. The number of benzene rings is 1. The summed E-state index contributed by atoms with van der Waals surface area (Å²) in [6.45, 7) is 2.06. The highest BCUT2D eigenvalue weighted by Gasteiger charge is 2.24. The minimum absolute atomic E-state index is 0.0407. The first-order valence-corrected chi connectivity index (χ1v) is 4.50. The van der Waals surface area contributed by atoms with E-state index in [-0.39, 0.29) is 29.6 Å². The number of hydrogen-bond donors (Lipinski definition) is 1. The van der Waals surface area contributed by atoms with Crippen molar-refractivity contribution in [2.24, 2.45) is 0 Å². The number of nitrogens with one attached hydrogen (secondary N) is 1. The lowest BCUT2D eigenvalue weighted by atomic mass is 10.1. The molecule has 15 heavy (non-hydrogen) atoms. The number of ether oxygens (including phenoxy) is 1. The maximum Gasteiger partial charge on any atom is 0.202 e. The maximum absolute atomic E-state index is 13.3. The second-order valence-electron chi connectivity index (χ2n) is 3.44.